The van der Waals surface area contributed by atoms with Crippen LogP contribution in [0.25, 0.3) is 10.9 Å². The number of carbonyl (C=O) groups excluding carboxylic acids is 2. The van der Waals surface area contributed by atoms with Crippen molar-refractivity contribution in [2.75, 3.05) is 6.54 Å². The number of nitriles is 1. The molecular weight excluding hydrogens is 414 g/mol. The van der Waals surface area contributed by atoms with Crippen LogP contribution in [0.15, 0.2) is 48.5 Å². The van der Waals surface area contributed by atoms with E-state index >= 15 is 0 Å². The van der Waals surface area contributed by atoms with Crippen molar-refractivity contribution in [3.05, 3.63) is 65.4 Å². The van der Waals surface area contributed by atoms with Gasteiger partial charge >= 0.3 is 0 Å². The zero-order valence-electron chi connectivity index (χ0n) is 19.3. The summed E-state index contributed by atoms with van der Waals surface area (Å²) in [6.07, 6.45) is 2.30. The average Bonchev–Trinajstić information content (AvgIpc) is 3.56. The summed E-state index contributed by atoms with van der Waals surface area (Å²) in [5, 5.41) is 20.3. The van der Waals surface area contributed by atoms with Crippen molar-refractivity contribution in [2.24, 2.45) is 11.3 Å². The van der Waals surface area contributed by atoms with Gasteiger partial charge in [-0.2, -0.15) is 10.4 Å². The van der Waals surface area contributed by atoms with Gasteiger partial charge in [-0.1, -0.05) is 51.1 Å². The number of carbonyl (C=O) groups is 2. The van der Waals surface area contributed by atoms with Gasteiger partial charge in [0.1, 0.15) is 6.04 Å². The lowest BCUT2D eigenvalue weighted by molar-refractivity contribution is -0.125. The van der Waals surface area contributed by atoms with Gasteiger partial charge in [0.15, 0.2) is 5.69 Å². The van der Waals surface area contributed by atoms with Crippen molar-refractivity contribution in [3.63, 3.8) is 0 Å². The Hall–Kier alpha value is -3.66. The van der Waals surface area contributed by atoms with Crippen molar-refractivity contribution in [3.8, 4) is 6.07 Å². The summed E-state index contributed by atoms with van der Waals surface area (Å²) in [6.45, 7) is 6.94. The molecule has 1 aliphatic rings. The lowest BCUT2D eigenvalue weighted by Gasteiger charge is -2.30. The predicted molar refractivity (Wildman–Crippen MR) is 126 cm³/mol. The average molecular weight is 444 g/mol. The molecule has 1 saturated carbocycles. The summed E-state index contributed by atoms with van der Waals surface area (Å²) in [5.41, 5.74) is 2.24. The monoisotopic (exact) mass is 443 g/mol. The summed E-state index contributed by atoms with van der Waals surface area (Å²) in [5.74, 6) is 0.0301. The van der Waals surface area contributed by atoms with Gasteiger partial charge < -0.3 is 10.6 Å². The number of nitrogens with one attached hydrogen (secondary N) is 2. The normalized spacial score (nSPS) is 14.5. The highest BCUT2D eigenvalue weighted by Gasteiger charge is 2.35. The lowest BCUT2D eigenvalue weighted by atomic mass is 9.86. The minimum absolute atomic E-state index is 0.163. The fourth-order valence-corrected chi connectivity index (χ4v) is 3.82. The number of hydrogen-bond acceptors (Lipinski definition) is 4. The highest BCUT2D eigenvalue weighted by Crippen LogP contribution is 2.28. The molecule has 1 aromatic heterocycles. The van der Waals surface area contributed by atoms with Crippen molar-refractivity contribution in [1.82, 2.24) is 20.4 Å². The number of rotatable bonds is 7. The zero-order valence-corrected chi connectivity index (χ0v) is 19.3. The van der Waals surface area contributed by atoms with Gasteiger partial charge in [0.05, 0.1) is 23.7 Å². The summed E-state index contributed by atoms with van der Waals surface area (Å²) in [6, 6.07) is 16.3. The number of amides is 2. The molecule has 1 atom stereocenters. The summed E-state index contributed by atoms with van der Waals surface area (Å²) < 4.78 is 1.78. The Morgan fingerprint density at radius 3 is 2.48 bits per heavy atom. The Morgan fingerprint density at radius 1 is 1.15 bits per heavy atom. The Balaban J connectivity index is 1.59. The van der Waals surface area contributed by atoms with Crippen LogP contribution in [0.2, 0.25) is 0 Å². The predicted octanol–water partition coefficient (Wildman–Crippen LogP) is 3.63. The number of benzene rings is 2. The Kier molecular flexibility index (Phi) is 6.19. The highest BCUT2D eigenvalue weighted by molar-refractivity contribution is 6.06. The smallest absolute Gasteiger partial charge is 0.273 e. The Morgan fingerprint density at radius 2 is 1.85 bits per heavy atom. The number of nitrogens with zero attached hydrogens (tertiary/aromatic N) is 3. The van der Waals surface area contributed by atoms with E-state index in [0.29, 0.717) is 30.3 Å². The molecule has 33 heavy (non-hydrogen) atoms. The van der Waals surface area contributed by atoms with E-state index in [2.05, 4.69) is 21.8 Å². The maximum atomic E-state index is 13.3. The second kappa shape index (κ2) is 9.07. The zero-order chi connectivity index (χ0) is 23.6. The van der Waals surface area contributed by atoms with Crippen LogP contribution in [0.1, 0.15) is 55.2 Å². The second-order valence-corrected chi connectivity index (χ2v) is 9.79. The Bertz CT molecular complexity index is 1210. The van der Waals surface area contributed by atoms with E-state index in [1.54, 1.807) is 16.8 Å². The molecule has 1 fully saturated rings. The van der Waals surface area contributed by atoms with Gasteiger partial charge in [-0.25, -0.2) is 0 Å². The first-order chi connectivity index (χ1) is 15.8. The third-order valence-corrected chi connectivity index (χ3v) is 5.95. The lowest BCUT2D eigenvalue weighted by Crippen LogP contribution is -2.54. The summed E-state index contributed by atoms with van der Waals surface area (Å²) in [7, 11) is 0. The van der Waals surface area contributed by atoms with Crippen LogP contribution in [0.4, 0.5) is 0 Å². The molecule has 2 aromatic carbocycles. The van der Waals surface area contributed by atoms with Crippen molar-refractivity contribution < 1.29 is 9.59 Å². The molecule has 0 saturated heterocycles. The molecule has 170 valence electrons. The molecule has 0 unspecified atom stereocenters. The number of para-hydroxylation sites is 1. The van der Waals surface area contributed by atoms with Crippen LogP contribution in [0, 0.1) is 22.7 Å². The van der Waals surface area contributed by atoms with Gasteiger partial charge in [0.2, 0.25) is 5.91 Å². The maximum Gasteiger partial charge on any atom is 0.273 e. The van der Waals surface area contributed by atoms with Gasteiger partial charge in [0, 0.05) is 11.9 Å². The largest absolute Gasteiger partial charge is 0.354 e. The third kappa shape index (κ3) is 5.23. The van der Waals surface area contributed by atoms with E-state index in [9.17, 15) is 9.59 Å². The van der Waals surface area contributed by atoms with Crippen molar-refractivity contribution in [2.45, 2.75) is 46.2 Å². The molecule has 2 N–H and O–H groups in total. The number of aromatic nitrogens is 2. The number of hydrogen-bond donors (Lipinski definition) is 2. The first-order valence-corrected chi connectivity index (χ1v) is 11.3. The van der Waals surface area contributed by atoms with Crippen LogP contribution in [-0.4, -0.2) is 34.2 Å². The van der Waals surface area contributed by atoms with E-state index in [4.69, 9.17) is 5.26 Å². The minimum atomic E-state index is -0.675. The number of fused-ring (bicyclic) bond motifs is 1. The molecule has 0 radical (unpaired) electrons. The van der Waals surface area contributed by atoms with E-state index < -0.39 is 11.5 Å². The van der Waals surface area contributed by atoms with Gasteiger partial charge in [-0.3, -0.25) is 14.3 Å². The molecule has 0 aliphatic heterocycles. The van der Waals surface area contributed by atoms with Gasteiger partial charge in [0.25, 0.3) is 5.91 Å². The van der Waals surface area contributed by atoms with E-state index in [-0.39, 0.29) is 11.8 Å². The molecule has 7 nitrogen and oxygen atoms in total. The fourth-order valence-electron chi connectivity index (χ4n) is 3.82. The van der Waals surface area contributed by atoms with Crippen LogP contribution in [0.3, 0.4) is 0 Å². The first-order valence-electron chi connectivity index (χ1n) is 11.3. The minimum Gasteiger partial charge on any atom is -0.354 e. The quantitative estimate of drug-likeness (QED) is 0.582. The third-order valence-electron chi connectivity index (χ3n) is 5.95. The van der Waals surface area contributed by atoms with Gasteiger partial charge in [-0.05, 0) is 47.9 Å². The van der Waals surface area contributed by atoms with E-state index in [1.807, 2.05) is 57.2 Å². The van der Waals surface area contributed by atoms with Crippen LogP contribution >= 0.6 is 0 Å². The maximum absolute atomic E-state index is 13.3. The standard InChI is InChI=1S/C26H29N5O2/c1-26(2,3)23(25(33)28-15-18-10-11-18)29-24(32)22-20-6-4-5-7-21(20)31(30-22)16-19-12-8-17(14-27)9-13-19/h4-9,12-13,18,23H,10-11,15-16H2,1-3H3,(H,28,33)(H,29,32)/t23-/m1/s1. The molecule has 7 heteroatoms. The Labute approximate surface area is 193 Å². The SMILES string of the molecule is CC(C)(C)[C@H](NC(=O)c1nn(Cc2ccc(C#N)cc2)c2ccccc12)C(=O)NCC1CC1. The molecule has 4 rings (SSSR count). The van der Waals surface area contributed by atoms with Crippen molar-refractivity contribution in [1.29, 1.82) is 5.26 Å². The molecule has 3 aromatic rings. The van der Waals surface area contributed by atoms with E-state index in [1.165, 1.54) is 0 Å². The second-order valence-electron chi connectivity index (χ2n) is 9.79. The molecule has 1 heterocycles. The van der Waals surface area contributed by atoms with Crippen molar-refractivity contribution >= 4 is 22.7 Å². The van der Waals surface area contributed by atoms with Crippen LogP contribution in [-0.2, 0) is 11.3 Å². The van der Waals surface area contributed by atoms with Gasteiger partial charge in [-0.15, -0.1) is 0 Å². The summed E-state index contributed by atoms with van der Waals surface area (Å²) in [4.78, 5) is 26.2. The topological polar surface area (TPSA) is 99.8 Å². The molecule has 2 amide bonds. The van der Waals surface area contributed by atoms with Crippen LogP contribution < -0.4 is 10.6 Å². The molecule has 1 aliphatic carbocycles. The highest BCUT2D eigenvalue weighted by atomic mass is 16.2. The van der Waals surface area contributed by atoms with Crippen LogP contribution in [0.5, 0.6) is 0 Å². The molecule has 0 bridgehead atoms. The molecular formula is C26H29N5O2. The summed E-state index contributed by atoms with van der Waals surface area (Å²) >= 11 is 0. The fraction of sp³-hybridized carbons (Fsp3) is 0.385. The first kappa shape index (κ1) is 22.5. The van der Waals surface area contributed by atoms with E-state index in [0.717, 1.165) is 29.3 Å². The molecule has 0 spiro atoms.